The second-order valence-electron chi connectivity index (χ2n) is 2.16. The summed E-state index contributed by atoms with van der Waals surface area (Å²) in [5, 5.41) is 4.27. The standard InChI is InChI=1S/C10H12S2/c1-2-11-8-9-12-10-6-4-3-5-7-10/h3-9H,2H2,1H3/b9-8+. The van der Waals surface area contributed by atoms with Crippen LogP contribution in [0.5, 0.6) is 0 Å². The summed E-state index contributed by atoms with van der Waals surface area (Å²) in [6, 6.07) is 10.4. The van der Waals surface area contributed by atoms with Crippen molar-refractivity contribution in [3.8, 4) is 0 Å². The second-order valence-corrected chi connectivity index (χ2v) is 4.32. The Morgan fingerprint density at radius 2 is 1.92 bits per heavy atom. The monoisotopic (exact) mass is 196 g/mol. The minimum Gasteiger partial charge on any atom is -0.134 e. The molecule has 0 amide bonds. The zero-order chi connectivity index (χ0) is 8.65. The fraction of sp³-hybridized carbons (Fsp3) is 0.200. The van der Waals surface area contributed by atoms with Crippen LogP contribution in [0.2, 0.25) is 0 Å². The van der Waals surface area contributed by atoms with Gasteiger partial charge >= 0.3 is 0 Å². The van der Waals surface area contributed by atoms with Crippen molar-refractivity contribution < 1.29 is 0 Å². The molecule has 0 nitrogen and oxygen atoms in total. The van der Waals surface area contributed by atoms with Crippen LogP contribution in [0.15, 0.2) is 46.0 Å². The molecule has 0 radical (unpaired) electrons. The molecule has 1 aromatic rings. The second kappa shape index (κ2) is 6.21. The van der Waals surface area contributed by atoms with Gasteiger partial charge in [0.05, 0.1) is 0 Å². The summed E-state index contributed by atoms with van der Waals surface area (Å²) in [6.07, 6.45) is 0. The van der Waals surface area contributed by atoms with Gasteiger partial charge in [-0.3, -0.25) is 0 Å². The summed E-state index contributed by atoms with van der Waals surface area (Å²) in [7, 11) is 0. The molecule has 1 rings (SSSR count). The van der Waals surface area contributed by atoms with Crippen LogP contribution in [-0.2, 0) is 0 Å². The fourth-order valence-corrected chi connectivity index (χ4v) is 1.94. The van der Waals surface area contributed by atoms with Crippen LogP contribution in [0.3, 0.4) is 0 Å². The fourth-order valence-electron chi connectivity index (χ4n) is 0.741. The normalized spacial score (nSPS) is 10.8. The van der Waals surface area contributed by atoms with E-state index in [1.807, 2.05) is 17.8 Å². The lowest BCUT2D eigenvalue weighted by molar-refractivity contribution is 1.47. The molecule has 0 aliphatic heterocycles. The Morgan fingerprint density at radius 3 is 2.58 bits per heavy atom. The average Bonchev–Trinajstić information content (AvgIpc) is 2.14. The Bertz CT molecular complexity index is 229. The van der Waals surface area contributed by atoms with E-state index in [4.69, 9.17) is 0 Å². The predicted octanol–water partition coefficient (Wildman–Crippen LogP) is 4.00. The maximum absolute atomic E-state index is 2.15. The third kappa shape index (κ3) is 3.88. The summed E-state index contributed by atoms with van der Waals surface area (Å²) in [5.41, 5.74) is 0. The highest BCUT2D eigenvalue weighted by atomic mass is 32.2. The Morgan fingerprint density at radius 1 is 1.17 bits per heavy atom. The van der Waals surface area contributed by atoms with Gasteiger partial charge in [-0.25, -0.2) is 0 Å². The molecule has 0 bridgehead atoms. The molecular weight excluding hydrogens is 184 g/mol. The van der Waals surface area contributed by atoms with Crippen molar-refractivity contribution in [3.63, 3.8) is 0 Å². The molecular formula is C10H12S2. The van der Waals surface area contributed by atoms with Gasteiger partial charge in [0, 0.05) is 4.90 Å². The molecule has 0 aromatic heterocycles. The average molecular weight is 196 g/mol. The molecule has 0 spiro atoms. The highest BCUT2D eigenvalue weighted by Crippen LogP contribution is 2.19. The molecule has 0 N–H and O–H groups in total. The van der Waals surface area contributed by atoms with Crippen molar-refractivity contribution in [1.82, 2.24) is 0 Å². The molecule has 12 heavy (non-hydrogen) atoms. The minimum absolute atomic E-state index is 1.14. The first-order chi connectivity index (χ1) is 5.93. The van der Waals surface area contributed by atoms with E-state index in [1.54, 1.807) is 11.8 Å². The maximum Gasteiger partial charge on any atom is 0.0116 e. The SMILES string of the molecule is CCS/C=C/Sc1ccccc1. The topological polar surface area (TPSA) is 0 Å². The Labute approximate surface area is 82.4 Å². The smallest absolute Gasteiger partial charge is 0.0116 e. The minimum atomic E-state index is 1.14. The summed E-state index contributed by atoms with van der Waals surface area (Å²) in [4.78, 5) is 1.30. The zero-order valence-corrected chi connectivity index (χ0v) is 8.70. The van der Waals surface area contributed by atoms with Gasteiger partial charge in [0.25, 0.3) is 0 Å². The van der Waals surface area contributed by atoms with Crippen molar-refractivity contribution in [1.29, 1.82) is 0 Å². The van der Waals surface area contributed by atoms with Gasteiger partial charge in [-0.2, -0.15) is 0 Å². The Hall–Kier alpha value is -0.340. The summed E-state index contributed by atoms with van der Waals surface area (Å²) >= 11 is 3.58. The third-order valence-corrected chi connectivity index (χ3v) is 2.92. The van der Waals surface area contributed by atoms with Crippen LogP contribution in [0.1, 0.15) is 6.92 Å². The highest BCUT2D eigenvalue weighted by molar-refractivity contribution is 8.05. The van der Waals surface area contributed by atoms with Gasteiger partial charge in [-0.05, 0) is 28.7 Å². The summed E-state index contributed by atoms with van der Waals surface area (Å²) in [5.74, 6) is 1.14. The molecule has 0 fully saturated rings. The van der Waals surface area contributed by atoms with E-state index >= 15 is 0 Å². The lowest BCUT2D eigenvalue weighted by Gasteiger charge is -1.92. The highest BCUT2D eigenvalue weighted by Gasteiger charge is 1.85. The number of hydrogen-bond donors (Lipinski definition) is 0. The Balaban J connectivity index is 2.33. The Kier molecular flexibility index (Phi) is 5.04. The van der Waals surface area contributed by atoms with Crippen LogP contribution < -0.4 is 0 Å². The van der Waals surface area contributed by atoms with E-state index in [9.17, 15) is 0 Å². The number of rotatable bonds is 4. The number of thioether (sulfide) groups is 2. The van der Waals surface area contributed by atoms with Crippen molar-refractivity contribution in [2.24, 2.45) is 0 Å². The van der Waals surface area contributed by atoms with Crippen LogP contribution in [-0.4, -0.2) is 5.75 Å². The van der Waals surface area contributed by atoms with E-state index in [2.05, 4.69) is 42.0 Å². The molecule has 0 saturated carbocycles. The van der Waals surface area contributed by atoms with E-state index in [1.165, 1.54) is 4.90 Å². The van der Waals surface area contributed by atoms with E-state index in [-0.39, 0.29) is 0 Å². The number of benzene rings is 1. The van der Waals surface area contributed by atoms with Crippen molar-refractivity contribution >= 4 is 23.5 Å². The molecule has 0 atom stereocenters. The first kappa shape index (κ1) is 9.75. The molecule has 64 valence electrons. The number of hydrogen-bond acceptors (Lipinski definition) is 2. The largest absolute Gasteiger partial charge is 0.134 e. The molecule has 2 heteroatoms. The van der Waals surface area contributed by atoms with Crippen molar-refractivity contribution in [2.75, 3.05) is 5.75 Å². The molecule has 0 saturated heterocycles. The van der Waals surface area contributed by atoms with Crippen molar-refractivity contribution in [3.05, 3.63) is 41.1 Å². The van der Waals surface area contributed by atoms with Gasteiger partial charge in [0.2, 0.25) is 0 Å². The summed E-state index contributed by atoms with van der Waals surface area (Å²) < 4.78 is 0. The van der Waals surface area contributed by atoms with E-state index in [0.717, 1.165) is 5.75 Å². The van der Waals surface area contributed by atoms with Gasteiger partial charge in [-0.15, -0.1) is 11.8 Å². The van der Waals surface area contributed by atoms with E-state index < -0.39 is 0 Å². The molecule has 0 unspecified atom stereocenters. The van der Waals surface area contributed by atoms with Gasteiger partial charge < -0.3 is 0 Å². The first-order valence-corrected chi connectivity index (χ1v) is 5.84. The quantitative estimate of drug-likeness (QED) is 0.667. The predicted molar refractivity (Wildman–Crippen MR) is 59.6 cm³/mol. The zero-order valence-electron chi connectivity index (χ0n) is 7.07. The van der Waals surface area contributed by atoms with Crippen LogP contribution in [0.4, 0.5) is 0 Å². The molecule has 0 heterocycles. The van der Waals surface area contributed by atoms with Gasteiger partial charge in [-0.1, -0.05) is 36.9 Å². The van der Waals surface area contributed by atoms with Gasteiger partial charge in [0.1, 0.15) is 0 Å². The maximum atomic E-state index is 2.15. The first-order valence-electron chi connectivity index (χ1n) is 3.92. The lowest BCUT2D eigenvalue weighted by atomic mass is 10.4. The molecule has 1 aromatic carbocycles. The molecule has 0 aliphatic rings. The van der Waals surface area contributed by atoms with Crippen LogP contribution >= 0.6 is 23.5 Å². The molecule has 0 aliphatic carbocycles. The summed E-state index contributed by atoms with van der Waals surface area (Å²) in [6.45, 7) is 2.15. The van der Waals surface area contributed by atoms with Gasteiger partial charge in [0.15, 0.2) is 0 Å². The van der Waals surface area contributed by atoms with Crippen LogP contribution in [0.25, 0.3) is 0 Å². The van der Waals surface area contributed by atoms with E-state index in [0.29, 0.717) is 0 Å². The van der Waals surface area contributed by atoms with Crippen LogP contribution in [0, 0.1) is 0 Å². The van der Waals surface area contributed by atoms with Crippen molar-refractivity contribution in [2.45, 2.75) is 11.8 Å². The lowest BCUT2D eigenvalue weighted by Crippen LogP contribution is -1.63. The third-order valence-electron chi connectivity index (χ3n) is 1.27.